The number of aromatic nitrogens is 3. The molecular weight excluding hydrogens is 326 g/mol. The van der Waals surface area contributed by atoms with Gasteiger partial charge in [0.2, 0.25) is 0 Å². The van der Waals surface area contributed by atoms with Gasteiger partial charge >= 0.3 is 22.6 Å². The second kappa shape index (κ2) is 14.2. The molecule has 1 heterocycles. The fourth-order valence-corrected chi connectivity index (χ4v) is 1.11. The normalized spacial score (nSPS) is 7.16. The molecule has 0 amide bonds. The van der Waals surface area contributed by atoms with Crippen LogP contribution in [0.4, 0.5) is 0 Å². The second-order valence-electron chi connectivity index (χ2n) is 2.77. The molecule has 0 saturated carbocycles. The van der Waals surface area contributed by atoms with Gasteiger partial charge in [0.15, 0.2) is 0 Å². The van der Waals surface area contributed by atoms with Crippen molar-refractivity contribution in [3.63, 3.8) is 0 Å². The minimum absolute atomic E-state index is 0. The maximum atomic E-state index is 7.50. The van der Waals surface area contributed by atoms with Gasteiger partial charge in [-0.2, -0.15) is 33.6 Å². The van der Waals surface area contributed by atoms with E-state index in [0.29, 0.717) is 0 Å². The Hall–Kier alpha value is -1.86. The molecule has 0 aliphatic rings. The zero-order valence-electron chi connectivity index (χ0n) is 9.82. The number of nitrogens with one attached hydrogen (secondary N) is 1. The minimum atomic E-state index is 0. The molecule has 0 spiro atoms. The van der Waals surface area contributed by atoms with Gasteiger partial charge < -0.3 is 0 Å². The summed E-state index contributed by atoms with van der Waals surface area (Å²) < 4.78 is 15.0. The molecule has 96 valence electrons. The molecule has 19 heavy (non-hydrogen) atoms. The predicted octanol–water partition coefficient (Wildman–Crippen LogP) is 2.29. The number of aromatic amines is 1. The number of fused-ring (bicyclic) bond motifs is 1. The number of benzene rings is 1. The molecule has 3 aromatic rings. The van der Waals surface area contributed by atoms with Crippen LogP contribution in [0.5, 0.6) is 0 Å². The summed E-state index contributed by atoms with van der Waals surface area (Å²) in [6.45, 7) is 9.00. The SMILES string of the molecule is [C-]#[O+].[C-]#[O+].[Mo].c1cc[cH-]c1.c1ccc2n[nH]nc2c1. The summed E-state index contributed by atoms with van der Waals surface area (Å²) in [5.74, 6) is 0. The quantitative estimate of drug-likeness (QED) is 0.388. The molecule has 0 aliphatic heterocycles. The first kappa shape index (κ1) is 19.5. The van der Waals surface area contributed by atoms with E-state index in [-0.39, 0.29) is 21.1 Å². The molecule has 0 unspecified atom stereocenters. The van der Waals surface area contributed by atoms with E-state index in [2.05, 4.69) is 28.7 Å². The first-order chi connectivity index (χ1) is 8.97. The Balaban J connectivity index is 0. The Morgan fingerprint density at radius 1 is 0.842 bits per heavy atom. The number of hydrogen-bond donors (Lipinski definition) is 1. The second-order valence-corrected chi connectivity index (χ2v) is 2.77. The van der Waals surface area contributed by atoms with Crippen LogP contribution in [0.3, 0.4) is 0 Å². The summed E-state index contributed by atoms with van der Waals surface area (Å²) in [6, 6.07) is 17.7. The number of H-pyrrole nitrogens is 1. The summed E-state index contributed by atoms with van der Waals surface area (Å²) in [5, 5.41) is 10.3. The Morgan fingerprint density at radius 3 is 1.58 bits per heavy atom. The Labute approximate surface area is 125 Å². The van der Waals surface area contributed by atoms with E-state index in [1.54, 1.807) is 0 Å². The van der Waals surface area contributed by atoms with Crippen molar-refractivity contribution < 1.29 is 30.4 Å². The van der Waals surface area contributed by atoms with Crippen LogP contribution in [0, 0.1) is 13.3 Å². The van der Waals surface area contributed by atoms with Gasteiger partial charge in [0, 0.05) is 21.1 Å². The number of hydrogen-bond acceptors (Lipinski definition) is 2. The first-order valence-electron chi connectivity index (χ1n) is 4.80. The largest absolute Gasteiger partial charge is 0.214 e. The molecule has 5 nitrogen and oxygen atoms in total. The zero-order valence-corrected chi connectivity index (χ0v) is 11.8. The summed E-state index contributed by atoms with van der Waals surface area (Å²) >= 11 is 0. The van der Waals surface area contributed by atoms with Crippen molar-refractivity contribution in [3.8, 4) is 0 Å². The minimum Gasteiger partial charge on any atom is -0.214 e. The van der Waals surface area contributed by atoms with Gasteiger partial charge in [0.25, 0.3) is 0 Å². The standard InChI is InChI=1S/C6H5N3.C5H5.2CO.Mo/c1-2-4-6-5(3-1)7-9-8-6;1-2-4-5-3-1;2*1-2;/h1-4H,(H,7,8,9);1-5H;;;/q;-1;;;. The number of rotatable bonds is 0. The topological polar surface area (TPSA) is 81.4 Å². The molecule has 0 radical (unpaired) electrons. The van der Waals surface area contributed by atoms with Gasteiger partial charge in [-0.1, -0.05) is 12.1 Å². The molecule has 0 aliphatic carbocycles. The number of para-hydroxylation sites is 2. The Kier molecular flexibility index (Phi) is 14.6. The molecule has 0 bridgehead atoms. The van der Waals surface area contributed by atoms with Crippen LogP contribution < -0.4 is 0 Å². The van der Waals surface area contributed by atoms with Crippen LogP contribution in [0.25, 0.3) is 11.0 Å². The van der Waals surface area contributed by atoms with E-state index < -0.39 is 0 Å². The van der Waals surface area contributed by atoms with E-state index in [9.17, 15) is 0 Å². The zero-order chi connectivity index (χ0) is 13.6. The third-order valence-corrected chi connectivity index (χ3v) is 1.78. The van der Waals surface area contributed by atoms with Crippen molar-refractivity contribution in [3.05, 3.63) is 67.9 Å². The van der Waals surface area contributed by atoms with Crippen molar-refractivity contribution in [1.29, 1.82) is 0 Å². The van der Waals surface area contributed by atoms with E-state index in [1.165, 1.54) is 0 Å². The van der Waals surface area contributed by atoms with Crippen LogP contribution in [0.1, 0.15) is 0 Å². The van der Waals surface area contributed by atoms with Gasteiger partial charge in [-0.25, -0.2) is 12.1 Å². The van der Waals surface area contributed by atoms with Crippen LogP contribution >= 0.6 is 0 Å². The molecule has 0 saturated heterocycles. The van der Waals surface area contributed by atoms with Crippen molar-refractivity contribution >= 4 is 11.0 Å². The van der Waals surface area contributed by atoms with Gasteiger partial charge in [-0.3, -0.25) is 0 Å². The summed E-state index contributed by atoms with van der Waals surface area (Å²) in [7, 11) is 0. The maximum absolute atomic E-state index is 7.50. The third kappa shape index (κ3) is 7.95. The van der Waals surface area contributed by atoms with E-state index >= 15 is 0 Å². The van der Waals surface area contributed by atoms with Crippen molar-refractivity contribution in [2.45, 2.75) is 0 Å². The van der Waals surface area contributed by atoms with Crippen LogP contribution in [-0.2, 0) is 30.4 Å². The average Bonchev–Trinajstić information content (AvgIpc) is 3.17. The van der Waals surface area contributed by atoms with E-state index in [1.807, 2.05) is 54.6 Å². The molecule has 1 N–H and O–H groups in total. The van der Waals surface area contributed by atoms with Crippen molar-refractivity contribution in [1.82, 2.24) is 15.4 Å². The predicted molar refractivity (Wildman–Crippen MR) is 63.8 cm³/mol. The molecule has 3 rings (SSSR count). The van der Waals surface area contributed by atoms with E-state index in [0.717, 1.165) is 11.0 Å². The molecule has 6 heteroatoms. The van der Waals surface area contributed by atoms with Crippen LogP contribution in [0.2, 0.25) is 0 Å². The van der Waals surface area contributed by atoms with Gasteiger partial charge in [-0.05, 0) is 12.1 Å². The molecule has 1 aromatic heterocycles. The monoisotopic (exact) mass is 338 g/mol. The fourth-order valence-electron chi connectivity index (χ4n) is 1.11. The summed E-state index contributed by atoms with van der Waals surface area (Å²) in [5.41, 5.74) is 1.83. The molecule has 0 atom stereocenters. The number of nitrogens with zero attached hydrogens (tertiary/aromatic N) is 2. The third-order valence-electron chi connectivity index (χ3n) is 1.78. The first-order valence-corrected chi connectivity index (χ1v) is 4.80. The van der Waals surface area contributed by atoms with Crippen molar-refractivity contribution in [2.75, 3.05) is 0 Å². The summed E-state index contributed by atoms with van der Waals surface area (Å²) in [4.78, 5) is 0. The van der Waals surface area contributed by atoms with Crippen LogP contribution in [-0.4, -0.2) is 15.4 Å². The summed E-state index contributed by atoms with van der Waals surface area (Å²) in [6.07, 6.45) is 0. The van der Waals surface area contributed by atoms with Crippen molar-refractivity contribution in [2.24, 2.45) is 0 Å². The average molecular weight is 336 g/mol. The fraction of sp³-hybridized carbons (Fsp3) is 0. The molecule has 2 aromatic carbocycles. The van der Waals surface area contributed by atoms with E-state index in [4.69, 9.17) is 9.30 Å². The van der Waals surface area contributed by atoms with Gasteiger partial charge in [-0.15, -0.1) is 0 Å². The Morgan fingerprint density at radius 2 is 1.26 bits per heavy atom. The smallest absolute Gasteiger partial charge is 0.112 e. The van der Waals surface area contributed by atoms with Gasteiger partial charge in [0.05, 0.1) is 0 Å². The van der Waals surface area contributed by atoms with Gasteiger partial charge in [0.1, 0.15) is 11.0 Å². The molecular formula is C13H10MoN3O2-. The molecule has 0 fully saturated rings. The maximum Gasteiger partial charge on any atom is 0.112 e. The Bertz CT molecular complexity index is 505. The van der Waals surface area contributed by atoms with Crippen LogP contribution in [0.15, 0.2) is 54.6 Å².